The van der Waals surface area contributed by atoms with Crippen LogP contribution in [0.25, 0.3) is 10.9 Å². The third-order valence-electron chi connectivity index (χ3n) is 4.94. The van der Waals surface area contributed by atoms with Crippen LogP contribution in [0.15, 0.2) is 58.0 Å². The van der Waals surface area contributed by atoms with Crippen LogP contribution in [-0.4, -0.2) is 33.0 Å². The molecule has 0 fully saturated rings. The van der Waals surface area contributed by atoms with E-state index in [1.807, 2.05) is 0 Å². The van der Waals surface area contributed by atoms with Crippen molar-refractivity contribution in [2.24, 2.45) is 0 Å². The summed E-state index contributed by atoms with van der Waals surface area (Å²) in [5.74, 6) is -1.56. The Bertz CT molecular complexity index is 1380. The van der Waals surface area contributed by atoms with Gasteiger partial charge in [-0.25, -0.2) is 13.4 Å². The van der Waals surface area contributed by atoms with Crippen LogP contribution < -0.4 is 5.06 Å². The van der Waals surface area contributed by atoms with Crippen molar-refractivity contribution in [3.63, 3.8) is 0 Å². The van der Waals surface area contributed by atoms with Crippen molar-refractivity contribution in [2.45, 2.75) is 28.4 Å². The molecule has 1 aromatic heterocycles. The zero-order valence-electron chi connectivity index (χ0n) is 17.4. The van der Waals surface area contributed by atoms with Crippen molar-refractivity contribution in [1.82, 2.24) is 4.98 Å². The number of hydrogen-bond acceptors (Lipinski definition) is 4. The maximum atomic E-state index is 14.6. The molecular formula is C20H9BrF10N2O3S. The summed E-state index contributed by atoms with van der Waals surface area (Å²) in [7, 11) is -4.45. The Hall–Kier alpha value is -2.63. The predicted molar refractivity (Wildman–Crippen MR) is 112 cm³/mol. The molecule has 0 aliphatic carbocycles. The summed E-state index contributed by atoms with van der Waals surface area (Å²) < 4.78 is 144. The molecule has 0 aliphatic heterocycles. The van der Waals surface area contributed by atoms with Crippen LogP contribution in [0.3, 0.4) is 0 Å². The number of quaternary nitrogens is 1. The summed E-state index contributed by atoms with van der Waals surface area (Å²) in [6, 6.07) is 5.62. The highest BCUT2D eigenvalue weighted by Gasteiger charge is 2.73. The number of alkyl halides is 10. The molecule has 2 aromatic carbocycles. The lowest BCUT2D eigenvalue weighted by atomic mass is 9.94. The second kappa shape index (κ2) is 9.59. The van der Waals surface area contributed by atoms with Gasteiger partial charge in [0.2, 0.25) is 0 Å². The predicted octanol–water partition coefficient (Wildman–Crippen LogP) is 5.77. The summed E-state index contributed by atoms with van der Waals surface area (Å²) in [6.07, 6.45) is -12.1. The molecule has 3 aromatic rings. The van der Waals surface area contributed by atoms with Crippen LogP contribution in [-0.2, 0) is 16.5 Å². The van der Waals surface area contributed by atoms with Gasteiger partial charge in [0.15, 0.2) is 16.5 Å². The van der Waals surface area contributed by atoms with Crippen LogP contribution in [0.5, 0.6) is 0 Å². The topological polar surface area (TPSA) is 74.5 Å². The molecule has 2 unspecified atom stereocenters. The molecule has 37 heavy (non-hydrogen) atoms. The van der Waals surface area contributed by atoms with Gasteiger partial charge >= 0.3 is 29.4 Å². The Morgan fingerprint density at radius 3 is 2.05 bits per heavy atom. The van der Waals surface area contributed by atoms with Crippen LogP contribution in [0.2, 0.25) is 0 Å². The number of amides is 1. The first-order chi connectivity index (χ1) is 16.8. The molecule has 0 bridgehead atoms. The minimum Gasteiger partial charge on any atom is -0.621 e. The van der Waals surface area contributed by atoms with Crippen LogP contribution >= 0.6 is 15.9 Å². The van der Waals surface area contributed by atoms with Gasteiger partial charge in [0.05, 0.1) is 15.6 Å². The third-order valence-corrected chi connectivity index (χ3v) is 6.71. The Labute approximate surface area is 210 Å². The summed E-state index contributed by atoms with van der Waals surface area (Å²) in [5.41, 5.74) is -16.2. The fourth-order valence-corrected chi connectivity index (χ4v) is 4.85. The molecule has 0 radical (unpaired) electrons. The molecule has 17 heteroatoms. The number of benzene rings is 2. The zero-order valence-corrected chi connectivity index (χ0v) is 19.8. The Morgan fingerprint density at radius 2 is 1.51 bits per heavy atom. The lowest BCUT2D eigenvalue weighted by Crippen LogP contribution is -3.05. The highest BCUT2D eigenvalue weighted by Crippen LogP contribution is 2.54. The summed E-state index contributed by atoms with van der Waals surface area (Å²) in [6.45, 7) is 0. The summed E-state index contributed by atoms with van der Waals surface area (Å²) >= 11 is 2.35. The highest BCUT2D eigenvalue weighted by atomic mass is 79.9. The minimum atomic E-state index is -6.72. The average molecular weight is 627 g/mol. The molecule has 2 atom stereocenters. The van der Waals surface area contributed by atoms with Crippen molar-refractivity contribution >= 4 is 49.2 Å². The first kappa shape index (κ1) is 28.9. The SMILES string of the molecule is O=C(c1ccc2cccnc2c1)[NH+]([O-])c1c(Br)cc(C(F)(C(F)(F)F)C(F)(F)F)cc1S(=O)C(F)(F)F. The lowest BCUT2D eigenvalue weighted by Gasteiger charge is -2.31. The number of fused-ring (bicyclic) bond motifs is 1. The van der Waals surface area contributed by atoms with E-state index in [-0.39, 0.29) is 11.6 Å². The molecule has 1 N–H and O–H groups in total. The molecule has 0 spiro atoms. The van der Waals surface area contributed by atoms with E-state index >= 15 is 0 Å². The van der Waals surface area contributed by atoms with Gasteiger partial charge in [-0.3, -0.25) is 10.0 Å². The fraction of sp³-hybridized carbons (Fsp3) is 0.200. The first-order valence-corrected chi connectivity index (χ1v) is 11.3. The second-order valence-corrected chi connectivity index (χ2v) is 9.56. The number of aromatic nitrogens is 1. The number of halogens is 11. The minimum absolute atomic E-state index is 0.159. The molecule has 200 valence electrons. The molecule has 1 heterocycles. The number of rotatable bonds is 4. The monoisotopic (exact) mass is 626 g/mol. The van der Waals surface area contributed by atoms with E-state index < -0.39 is 77.5 Å². The van der Waals surface area contributed by atoms with Gasteiger partial charge in [-0.1, -0.05) is 12.1 Å². The number of carbonyl (C=O) groups excluding carboxylic acids is 1. The van der Waals surface area contributed by atoms with Gasteiger partial charge in [-0.2, -0.15) is 39.5 Å². The average Bonchev–Trinajstić information content (AvgIpc) is 2.79. The Morgan fingerprint density at radius 1 is 0.919 bits per heavy atom. The van der Waals surface area contributed by atoms with Gasteiger partial charge in [-0.05, 0) is 46.3 Å². The molecule has 0 aliphatic rings. The van der Waals surface area contributed by atoms with Crippen molar-refractivity contribution in [3.8, 4) is 0 Å². The first-order valence-electron chi connectivity index (χ1n) is 9.39. The Kier molecular flexibility index (Phi) is 7.50. The van der Waals surface area contributed by atoms with Gasteiger partial charge in [0, 0.05) is 17.1 Å². The van der Waals surface area contributed by atoms with E-state index in [0.29, 0.717) is 5.39 Å². The number of nitrogens with zero attached hydrogens (tertiary/aromatic N) is 1. The number of hydrogen-bond donors (Lipinski definition) is 1. The van der Waals surface area contributed by atoms with E-state index in [9.17, 15) is 58.1 Å². The van der Waals surface area contributed by atoms with E-state index in [4.69, 9.17) is 0 Å². The molecular weight excluding hydrogens is 618 g/mol. The lowest BCUT2D eigenvalue weighted by molar-refractivity contribution is -0.682. The number of nitrogens with one attached hydrogen (secondary N) is 1. The van der Waals surface area contributed by atoms with E-state index in [0.717, 1.165) is 12.1 Å². The maximum Gasteiger partial charge on any atom is 0.476 e. The Balaban J connectivity index is 2.26. The van der Waals surface area contributed by atoms with Crippen molar-refractivity contribution < 1.29 is 58.0 Å². The maximum absolute atomic E-state index is 14.6. The smallest absolute Gasteiger partial charge is 0.476 e. The van der Waals surface area contributed by atoms with E-state index in [1.54, 1.807) is 6.07 Å². The van der Waals surface area contributed by atoms with E-state index in [1.165, 1.54) is 18.3 Å². The largest absolute Gasteiger partial charge is 0.621 e. The van der Waals surface area contributed by atoms with Crippen molar-refractivity contribution in [1.29, 1.82) is 0 Å². The van der Waals surface area contributed by atoms with Crippen LogP contribution in [0.1, 0.15) is 15.9 Å². The third kappa shape index (κ3) is 5.21. The standard InChI is InChI=1S/C20H9BrF10N2O3S/c21-12-7-11(17(22,18(23,24)25)19(26,27)28)8-14(37(36)20(29,30)31)15(12)33(35)16(34)10-4-3-9-2-1-5-32-13(9)6-10/h1-8,33H. The van der Waals surface area contributed by atoms with Crippen LogP contribution in [0, 0.1) is 5.21 Å². The van der Waals surface area contributed by atoms with Crippen molar-refractivity contribution in [2.75, 3.05) is 0 Å². The molecule has 0 saturated heterocycles. The van der Waals surface area contributed by atoms with Crippen molar-refractivity contribution in [3.05, 3.63) is 69.5 Å². The summed E-state index contributed by atoms with van der Waals surface area (Å²) in [5, 5.41) is 11.5. The van der Waals surface area contributed by atoms with Crippen LogP contribution in [0.4, 0.5) is 49.6 Å². The fourth-order valence-electron chi connectivity index (χ4n) is 3.21. The molecule has 3 rings (SSSR count). The van der Waals surface area contributed by atoms with Gasteiger partial charge in [-0.15, -0.1) is 0 Å². The zero-order chi connectivity index (χ0) is 28.1. The quantitative estimate of drug-likeness (QED) is 0.295. The number of pyridine rings is 1. The van der Waals surface area contributed by atoms with Gasteiger partial charge in [0.1, 0.15) is 4.90 Å². The molecule has 0 saturated carbocycles. The normalized spacial score (nSPS) is 15.0. The number of hydroxylamine groups is 1. The summed E-state index contributed by atoms with van der Waals surface area (Å²) in [4.78, 5) is 14.7. The van der Waals surface area contributed by atoms with E-state index in [2.05, 4.69) is 20.9 Å². The van der Waals surface area contributed by atoms with Gasteiger partial charge < -0.3 is 5.21 Å². The molecule has 1 amide bonds. The second-order valence-electron chi connectivity index (χ2n) is 7.27. The molecule has 5 nitrogen and oxygen atoms in total. The highest BCUT2D eigenvalue weighted by molar-refractivity contribution is 9.10. The van der Waals surface area contributed by atoms with Gasteiger partial charge in [0.25, 0.3) is 0 Å². The number of carbonyl (C=O) groups is 1.